The molecule has 3 nitrogen and oxygen atoms in total. The molecule has 0 amide bonds. The van der Waals surface area contributed by atoms with Gasteiger partial charge in [-0.1, -0.05) is 27.7 Å². The monoisotopic (exact) mass is 225 g/mol. The molecule has 0 atom stereocenters. The van der Waals surface area contributed by atoms with E-state index in [0.29, 0.717) is 11.3 Å². The molecule has 1 fully saturated rings. The maximum Gasteiger partial charge on any atom is 0.0963 e. The minimum Gasteiger partial charge on any atom is -0.387 e. The van der Waals surface area contributed by atoms with Gasteiger partial charge < -0.3 is 10.6 Å². The summed E-state index contributed by atoms with van der Waals surface area (Å²) in [5, 5.41) is 7.51. The number of nitrogens with two attached hydrogens (primary N) is 1. The van der Waals surface area contributed by atoms with E-state index in [2.05, 4.69) is 32.6 Å². The first-order chi connectivity index (χ1) is 7.23. The lowest BCUT2D eigenvalue weighted by atomic mass is 9.86. The third kappa shape index (κ3) is 3.78. The van der Waals surface area contributed by atoms with Crippen molar-refractivity contribution in [2.75, 3.05) is 19.6 Å². The van der Waals surface area contributed by atoms with E-state index in [1.807, 2.05) is 0 Å². The smallest absolute Gasteiger partial charge is 0.0963 e. The van der Waals surface area contributed by atoms with Crippen LogP contribution in [0.15, 0.2) is 0 Å². The van der Waals surface area contributed by atoms with Crippen LogP contribution in [0.2, 0.25) is 0 Å². The van der Waals surface area contributed by atoms with Crippen molar-refractivity contribution in [1.29, 1.82) is 5.41 Å². The molecule has 0 aliphatic carbocycles. The molecule has 1 aliphatic rings. The van der Waals surface area contributed by atoms with E-state index in [1.165, 1.54) is 19.5 Å². The van der Waals surface area contributed by atoms with Gasteiger partial charge in [0.1, 0.15) is 0 Å². The minimum absolute atomic E-state index is 0.130. The summed E-state index contributed by atoms with van der Waals surface area (Å²) in [4.78, 5) is 2.54. The lowest BCUT2D eigenvalue weighted by Crippen LogP contribution is -2.32. The van der Waals surface area contributed by atoms with E-state index in [1.54, 1.807) is 0 Å². The van der Waals surface area contributed by atoms with Crippen molar-refractivity contribution in [1.82, 2.24) is 4.90 Å². The fourth-order valence-electron chi connectivity index (χ4n) is 2.29. The van der Waals surface area contributed by atoms with Crippen LogP contribution in [0.1, 0.15) is 47.0 Å². The van der Waals surface area contributed by atoms with Crippen LogP contribution in [-0.2, 0) is 0 Å². The topological polar surface area (TPSA) is 53.1 Å². The highest BCUT2D eigenvalue weighted by Gasteiger charge is 2.29. The quantitative estimate of drug-likeness (QED) is 0.558. The Kier molecular flexibility index (Phi) is 4.00. The van der Waals surface area contributed by atoms with Gasteiger partial charge in [0.05, 0.1) is 5.84 Å². The largest absolute Gasteiger partial charge is 0.387 e. The number of hydrogen-bond acceptors (Lipinski definition) is 2. The van der Waals surface area contributed by atoms with E-state index < -0.39 is 0 Å². The molecule has 1 rings (SSSR count). The van der Waals surface area contributed by atoms with Gasteiger partial charge in [0.25, 0.3) is 0 Å². The van der Waals surface area contributed by atoms with Crippen LogP contribution in [0, 0.1) is 16.2 Å². The van der Waals surface area contributed by atoms with Gasteiger partial charge in [-0.2, -0.15) is 0 Å². The van der Waals surface area contributed by atoms with Crippen LogP contribution in [0.5, 0.6) is 0 Å². The zero-order valence-electron chi connectivity index (χ0n) is 11.3. The predicted molar refractivity (Wildman–Crippen MR) is 69.8 cm³/mol. The average molecular weight is 225 g/mol. The summed E-state index contributed by atoms with van der Waals surface area (Å²) >= 11 is 0. The van der Waals surface area contributed by atoms with Crippen molar-refractivity contribution in [3.8, 4) is 0 Å². The summed E-state index contributed by atoms with van der Waals surface area (Å²) in [6.45, 7) is 12.4. The molecule has 3 N–H and O–H groups in total. The molecule has 94 valence electrons. The maximum atomic E-state index is 7.51. The average Bonchev–Trinajstić information content (AvgIpc) is 2.45. The van der Waals surface area contributed by atoms with Crippen LogP contribution < -0.4 is 5.73 Å². The molecule has 0 unspecified atom stereocenters. The summed E-state index contributed by atoms with van der Waals surface area (Å²) < 4.78 is 0. The van der Waals surface area contributed by atoms with E-state index in [0.717, 1.165) is 19.4 Å². The standard InChI is InChI=1S/C13H27N3/c1-12(2)7-9-16(10-12)8-5-6-13(3,4)11(14)15/h5-10H2,1-4H3,(H3,14,15). The lowest BCUT2D eigenvalue weighted by molar-refractivity contribution is 0.275. The van der Waals surface area contributed by atoms with Gasteiger partial charge in [-0.3, -0.25) is 5.41 Å². The van der Waals surface area contributed by atoms with E-state index in [9.17, 15) is 0 Å². The highest BCUT2D eigenvalue weighted by Crippen LogP contribution is 2.29. The van der Waals surface area contributed by atoms with Crippen molar-refractivity contribution in [3.63, 3.8) is 0 Å². The second-order valence-electron chi connectivity index (χ2n) is 6.59. The zero-order valence-corrected chi connectivity index (χ0v) is 11.3. The molecule has 0 bridgehead atoms. The van der Waals surface area contributed by atoms with Gasteiger partial charge in [0.2, 0.25) is 0 Å². The number of hydrogen-bond donors (Lipinski definition) is 2. The summed E-state index contributed by atoms with van der Waals surface area (Å²) in [5.74, 6) is 0.314. The molecule has 0 aromatic rings. The number of amidine groups is 1. The minimum atomic E-state index is -0.130. The molecule has 0 saturated carbocycles. The fourth-order valence-corrected chi connectivity index (χ4v) is 2.29. The van der Waals surface area contributed by atoms with Crippen LogP contribution >= 0.6 is 0 Å². The van der Waals surface area contributed by atoms with Crippen molar-refractivity contribution < 1.29 is 0 Å². The van der Waals surface area contributed by atoms with E-state index in [-0.39, 0.29) is 5.41 Å². The lowest BCUT2D eigenvalue weighted by Gasteiger charge is -2.25. The predicted octanol–water partition coefficient (Wildman–Crippen LogP) is 2.46. The molecule has 0 aromatic heterocycles. The first-order valence-electron chi connectivity index (χ1n) is 6.30. The first-order valence-corrected chi connectivity index (χ1v) is 6.30. The van der Waals surface area contributed by atoms with E-state index >= 15 is 0 Å². The Morgan fingerprint density at radius 2 is 2.06 bits per heavy atom. The summed E-state index contributed by atoms with van der Waals surface area (Å²) in [5.41, 5.74) is 5.94. The SMILES string of the molecule is CC1(C)CCN(CCCC(C)(C)C(=N)N)C1. The van der Waals surface area contributed by atoms with Gasteiger partial charge >= 0.3 is 0 Å². The Morgan fingerprint density at radius 1 is 1.44 bits per heavy atom. The van der Waals surface area contributed by atoms with Gasteiger partial charge in [-0.25, -0.2) is 0 Å². The van der Waals surface area contributed by atoms with Crippen molar-refractivity contribution in [2.45, 2.75) is 47.0 Å². The third-order valence-electron chi connectivity index (χ3n) is 3.76. The number of likely N-dealkylation sites (tertiary alicyclic amines) is 1. The molecule has 1 aliphatic heterocycles. The van der Waals surface area contributed by atoms with E-state index in [4.69, 9.17) is 11.1 Å². The van der Waals surface area contributed by atoms with Gasteiger partial charge in [0, 0.05) is 12.0 Å². The molecule has 1 saturated heterocycles. The Morgan fingerprint density at radius 3 is 2.50 bits per heavy atom. The van der Waals surface area contributed by atoms with Gasteiger partial charge in [-0.15, -0.1) is 0 Å². The van der Waals surface area contributed by atoms with Crippen molar-refractivity contribution >= 4 is 5.84 Å². The highest BCUT2D eigenvalue weighted by molar-refractivity contribution is 5.82. The number of rotatable bonds is 5. The van der Waals surface area contributed by atoms with Crippen LogP contribution in [0.4, 0.5) is 0 Å². The zero-order chi connectivity index (χ0) is 12.4. The Bertz CT molecular complexity index is 256. The second-order valence-corrected chi connectivity index (χ2v) is 6.59. The second kappa shape index (κ2) is 4.74. The molecule has 16 heavy (non-hydrogen) atoms. The van der Waals surface area contributed by atoms with Gasteiger partial charge in [0.15, 0.2) is 0 Å². The Hall–Kier alpha value is -0.570. The van der Waals surface area contributed by atoms with Crippen LogP contribution in [0.25, 0.3) is 0 Å². The molecule has 1 heterocycles. The molecular weight excluding hydrogens is 198 g/mol. The Balaban J connectivity index is 2.25. The molecular formula is C13H27N3. The fraction of sp³-hybridized carbons (Fsp3) is 0.923. The Labute approximate surface area is 99.9 Å². The molecule has 0 spiro atoms. The summed E-state index contributed by atoms with van der Waals surface area (Å²) in [6.07, 6.45) is 3.46. The molecule has 0 aromatic carbocycles. The third-order valence-corrected chi connectivity index (χ3v) is 3.76. The van der Waals surface area contributed by atoms with Crippen LogP contribution in [-0.4, -0.2) is 30.4 Å². The normalized spacial score (nSPS) is 21.2. The highest BCUT2D eigenvalue weighted by atomic mass is 15.1. The van der Waals surface area contributed by atoms with Crippen LogP contribution in [0.3, 0.4) is 0 Å². The summed E-state index contributed by atoms with van der Waals surface area (Å²) in [7, 11) is 0. The number of nitrogens with zero attached hydrogens (tertiary/aromatic N) is 1. The van der Waals surface area contributed by atoms with Crippen molar-refractivity contribution in [3.05, 3.63) is 0 Å². The maximum absolute atomic E-state index is 7.51. The number of nitrogens with one attached hydrogen (secondary N) is 1. The molecule has 3 heteroatoms. The molecule has 0 radical (unpaired) electrons. The summed E-state index contributed by atoms with van der Waals surface area (Å²) in [6, 6.07) is 0. The van der Waals surface area contributed by atoms with Crippen molar-refractivity contribution in [2.24, 2.45) is 16.6 Å². The first kappa shape index (κ1) is 13.5. The van der Waals surface area contributed by atoms with Gasteiger partial charge in [-0.05, 0) is 37.8 Å².